The predicted octanol–water partition coefficient (Wildman–Crippen LogP) is 6.46. The van der Waals surface area contributed by atoms with Gasteiger partial charge in [0, 0.05) is 6.54 Å². The van der Waals surface area contributed by atoms with Gasteiger partial charge in [0.25, 0.3) is 0 Å². The van der Waals surface area contributed by atoms with Gasteiger partial charge in [-0.25, -0.2) is 0 Å². The quantitative estimate of drug-likeness (QED) is 0.272. The summed E-state index contributed by atoms with van der Waals surface area (Å²) in [6.45, 7) is 2.47. The van der Waals surface area contributed by atoms with Crippen LogP contribution in [0.1, 0.15) is 33.7 Å². The Morgan fingerprint density at radius 3 is 1.97 bits per heavy atom. The molecule has 0 saturated heterocycles. The number of hydrogen-bond acceptors (Lipinski definition) is 3. The van der Waals surface area contributed by atoms with E-state index in [1.165, 1.54) is 6.26 Å². The number of carbonyl (C=O) groups excluding carboxylic acids is 1. The summed E-state index contributed by atoms with van der Waals surface area (Å²) in [4.78, 5) is 29.4. The number of rotatable bonds is 7. The summed E-state index contributed by atoms with van der Waals surface area (Å²) in [5.74, 6) is -0.564. The molecule has 0 unspecified atom stereocenters. The van der Waals surface area contributed by atoms with E-state index in [1.807, 2.05) is 116 Å². The minimum absolute atomic E-state index is 0.0695. The van der Waals surface area contributed by atoms with E-state index >= 15 is 0 Å². The molecule has 1 aromatic heterocycles. The molecule has 0 atom stereocenters. The molecule has 178 valence electrons. The van der Waals surface area contributed by atoms with Gasteiger partial charge in [0.05, 0.1) is 29.7 Å². The summed E-state index contributed by atoms with van der Waals surface area (Å²) >= 11 is 0. The minimum Gasteiger partial charge on any atom is -0.464 e. The van der Waals surface area contributed by atoms with E-state index in [2.05, 4.69) is 0 Å². The average molecular weight is 474 g/mol. The third kappa shape index (κ3) is 4.98. The van der Waals surface area contributed by atoms with Gasteiger partial charge >= 0.3 is 0 Å². The predicted molar refractivity (Wildman–Crippen MR) is 143 cm³/mol. The second-order valence-corrected chi connectivity index (χ2v) is 9.02. The minimum atomic E-state index is -0.495. The lowest BCUT2D eigenvalue weighted by Gasteiger charge is -2.28. The van der Waals surface area contributed by atoms with Gasteiger partial charge < -0.3 is 9.32 Å². The van der Waals surface area contributed by atoms with Gasteiger partial charge in [0.1, 0.15) is 5.58 Å². The Morgan fingerprint density at radius 1 is 0.778 bits per heavy atom. The molecule has 0 bridgehead atoms. The molecule has 4 nitrogen and oxygen atoms in total. The fraction of sp³-hybridized carbons (Fsp3) is 0.125. The van der Waals surface area contributed by atoms with Gasteiger partial charge in [-0.05, 0) is 35.7 Å². The maximum absolute atomic E-state index is 14.3. The van der Waals surface area contributed by atoms with Crippen LogP contribution in [-0.4, -0.2) is 10.8 Å². The van der Waals surface area contributed by atoms with Gasteiger partial charge in [0.2, 0.25) is 5.91 Å². The summed E-state index contributed by atoms with van der Waals surface area (Å²) in [5, 5.41) is 0.530. The Balaban J connectivity index is 1.58. The molecule has 0 aliphatic rings. The molecule has 0 aliphatic heterocycles. The van der Waals surface area contributed by atoms with Crippen LogP contribution in [0.15, 0.2) is 125 Å². The summed E-state index contributed by atoms with van der Waals surface area (Å²) in [5.41, 5.74) is 4.69. The number of nitrogens with zero attached hydrogens (tertiary/aromatic N) is 1. The van der Waals surface area contributed by atoms with Crippen molar-refractivity contribution < 1.29 is 9.21 Å². The Hall–Kier alpha value is -4.44. The molecule has 0 spiro atoms. The first-order valence-electron chi connectivity index (χ1n) is 12.0. The summed E-state index contributed by atoms with van der Waals surface area (Å²) < 4.78 is 5.80. The highest BCUT2D eigenvalue weighted by molar-refractivity contribution is 5.87. The molecule has 4 aromatic carbocycles. The normalized spacial score (nSPS) is 11.1. The topological polar surface area (TPSA) is 50.5 Å². The van der Waals surface area contributed by atoms with E-state index in [4.69, 9.17) is 4.42 Å². The number of carbonyl (C=O) groups is 1. The Kier molecular flexibility index (Phi) is 6.76. The van der Waals surface area contributed by atoms with Crippen molar-refractivity contribution in [3.63, 3.8) is 0 Å². The highest BCUT2D eigenvalue weighted by Crippen LogP contribution is 2.28. The van der Waals surface area contributed by atoms with E-state index in [1.54, 1.807) is 4.90 Å². The maximum Gasteiger partial charge on any atom is 0.235 e. The monoisotopic (exact) mass is 473 g/mol. The van der Waals surface area contributed by atoms with Gasteiger partial charge in [-0.2, -0.15) is 0 Å². The molecule has 5 rings (SSSR count). The lowest BCUT2D eigenvalue weighted by molar-refractivity contribution is -0.133. The van der Waals surface area contributed by atoms with Crippen molar-refractivity contribution in [2.24, 2.45) is 0 Å². The molecule has 1 amide bonds. The molecule has 36 heavy (non-hydrogen) atoms. The molecule has 0 N–H and O–H groups in total. The van der Waals surface area contributed by atoms with Crippen LogP contribution in [0.3, 0.4) is 0 Å². The fourth-order valence-electron chi connectivity index (χ4n) is 4.57. The molecule has 1 heterocycles. The van der Waals surface area contributed by atoms with E-state index in [0.29, 0.717) is 23.1 Å². The molecular weight excluding hydrogens is 446 g/mol. The van der Waals surface area contributed by atoms with Crippen molar-refractivity contribution >= 4 is 16.9 Å². The lowest BCUT2D eigenvalue weighted by atomic mass is 9.89. The highest BCUT2D eigenvalue weighted by Gasteiger charge is 2.28. The van der Waals surface area contributed by atoms with Crippen molar-refractivity contribution in [2.45, 2.75) is 25.9 Å². The molecule has 4 heteroatoms. The Morgan fingerprint density at radius 2 is 1.36 bits per heavy atom. The fourth-order valence-corrected chi connectivity index (χ4v) is 4.57. The molecule has 0 radical (unpaired) electrons. The average Bonchev–Trinajstić information content (AvgIpc) is 2.92. The molecule has 0 aliphatic carbocycles. The first-order valence-corrected chi connectivity index (χ1v) is 12.0. The summed E-state index contributed by atoms with van der Waals surface area (Å²) in [6.07, 6.45) is 1.49. The Labute approximate surface area is 210 Å². The molecule has 0 fully saturated rings. The van der Waals surface area contributed by atoms with Crippen LogP contribution < -0.4 is 5.43 Å². The van der Waals surface area contributed by atoms with Gasteiger partial charge in [-0.3, -0.25) is 9.59 Å². The van der Waals surface area contributed by atoms with Crippen LogP contribution in [-0.2, 0) is 17.9 Å². The lowest BCUT2D eigenvalue weighted by Crippen LogP contribution is -2.36. The second-order valence-electron chi connectivity index (χ2n) is 9.02. The van der Waals surface area contributed by atoms with Crippen molar-refractivity contribution in [1.29, 1.82) is 0 Å². The van der Waals surface area contributed by atoms with Crippen LogP contribution >= 0.6 is 0 Å². The smallest absolute Gasteiger partial charge is 0.235 e. The number of benzene rings is 4. The van der Waals surface area contributed by atoms with Crippen LogP contribution in [0.4, 0.5) is 0 Å². The molecule has 5 aromatic rings. The van der Waals surface area contributed by atoms with E-state index < -0.39 is 5.92 Å². The summed E-state index contributed by atoms with van der Waals surface area (Å²) in [6, 6.07) is 35.0. The van der Waals surface area contributed by atoms with E-state index in [0.717, 1.165) is 22.3 Å². The van der Waals surface area contributed by atoms with Crippen LogP contribution in [0.5, 0.6) is 0 Å². The number of aryl methyl sites for hydroxylation is 1. The number of hydrogen-bond donors (Lipinski definition) is 0. The zero-order valence-electron chi connectivity index (χ0n) is 20.1. The Bertz CT molecular complexity index is 1490. The maximum atomic E-state index is 14.3. The third-order valence-electron chi connectivity index (χ3n) is 6.40. The largest absolute Gasteiger partial charge is 0.464 e. The van der Waals surface area contributed by atoms with Crippen LogP contribution in [0.2, 0.25) is 0 Å². The van der Waals surface area contributed by atoms with Crippen LogP contribution in [0.25, 0.3) is 11.0 Å². The zero-order chi connectivity index (χ0) is 24.9. The first-order chi connectivity index (χ1) is 17.6. The molecule has 0 saturated carbocycles. The van der Waals surface area contributed by atoms with E-state index in [9.17, 15) is 9.59 Å². The van der Waals surface area contributed by atoms with Crippen molar-refractivity contribution in [3.05, 3.63) is 153 Å². The van der Waals surface area contributed by atoms with Gasteiger partial charge in [-0.15, -0.1) is 0 Å². The van der Waals surface area contributed by atoms with Gasteiger partial charge in [0.15, 0.2) is 5.43 Å². The standard InChI is InChI=1S/C32H27NO3/c1-23-17-18-29-28(19-23)31(34)27(22-36-29)21-33(20-24-11-5-2-6-12-24)32(35)30(25-13-7-3-8-14-25)26-15-9-4-10-16-26/h2-19,22,30H,20-21H2,1H3. The van der Waals surface area contributed by atoms with Crippen LogP contribution in [0, 0.1) is 6.92 Å². The number of amides is 1. The van der Waals surface area contributed by atoms with Crippen molar-refractivity contribution in [1.82, 2.24) is 4.90 Å². The second kappa shape index (κ2) is 10.4. The van der Waals surface area contributed by atoms with Gasteiger partial charge in [-0.1, -0.05) is 103 Å². The summed E-state index contributed by atoms with van der Waals surface area (Å²) in [7, 11) is 0. The molecular formula is C32H27NO3. The highest BCUT2D eigenvalue weighted by atomic mass is 16.3. The van der Waals surface area contributed by atoms with Crippen molar-refractivity contribution in [3.8, 4) is 0 Å². The SMILES string of the molecule is Cc1ccc2occ(CN(Cc3ccccc3)C(=O)C(c3ccccc3)c3ccccc3)c(=O)c2c1. The van der Waals surface area contributed by atoms with Crippen molar-refractivity contribution in [2.75, 3.05) is 0 Å². The third-order valence-corrected chi connectivity index (χ3v) is 6.40. The number of fused-ring (bicyclic) bond motifs is 1. The van der Waals surface area contributed by atoms with E-state index in [-0.39, 0.29) is 17.9 Å². The zero-order valence-corrected chi connectivity index (χ0v) is 20.1. The first kappa shape index (κ1) is 23.3.